The lowest BCUT2D eigenvalue weighted by molar-refractivity contribution is -0.137. The van der Waals surface area contributed by atoms with E-state index in [2.05, 4.69) is 19.2 Å². The van der Waals surface area contributed by atoms with Gasteiger partial charge in [0.25, 0.3) is 0 Å². The summed E-state index contributed by atoms with van der Waals surface area (Å²) < 4.78 is 5.61. The molecule has 0 radical (unpaired) electrons. The lowest BCUT2D eigenvalue weighted by atomic mass is 9.64. The Hall–Kier alpha value is -0.610. The largest absolute Gasteiger partial charge is 0.378 e. The quantitative estimate of drug-likeness (QED) is 0.739. The molecule has 0 saturated heterocycles. The molecular formula is C12H24N2O2. The molecule has 16 heavy (non-hydrogen) atoms. The van der Waals surface area contributed by atoms with Gasteiger partial charge in [-0.15, -0.1) is 0 Å². The van der Waals surface area contributed by atoms with Gasteiger partial charge in [0.1, 0.15) is 0 Å². The monoisotopic (exact) mass is 228 g/mol. The van der Waals surface area contributed by atoms with Gasteiger partial charge in [0.15, 0.2) is 0 Å². The normalized spacial score (nSPS) is 29.3. The molecule has 0 aliphatic heterocycles. The van der Waals surface area contributed by atoms with Crippen LogP contribution in [0.5, 0.6) is 0 Å². The van der Waals surface area contributed by atoms with E-state index in [1.54, 1.807) is 0 Å². The maximum Gasteiger partial charge on any atom is 0.237 e. The molecule has 1 aliphatic rings. The zero-order valence-corrected chi connectivity index (χ0v) is 10.7. The Balaban J connectivity index is 2.44. The fraction of sp³-hybridized carbons (Fsp3) is 0.917. The van der Waals surface area contributed by atoms with E-state index in [1.165, 1.54) is 0 Å². The third-order valence-corrected chi connectivity index (χ3v) is 3.64. The van der Waals surface area contributed by atoms with Crippen LogP contribution in [-0.2, 0) is 9.53 Å². The van der Waals surface area contributed by atoms with E-state index >= 15 is 0 Å². The van der Waals surface area contributed by atoms with Gasteiger partial charge in [0.2, 0.25) is 5.91 Å². The first-order valence-corrected chi connectivity index (χ1v) is 6.11. The van der Waals surface area contributed by atoms with Crippen molar-refractivity contribution >= 4 is 5.91 Å². The van der Waals surface area contributed by atoms with Crippen LogP contribution in [-0.4, -0.2) is 30.7 Å². The van der Waals surface area contributed by atoms with E-state index in [4.69, 9.17) is 10.5 Å². The first-order valence-electron chi connectivity index (χ1n) is 6.11. The molecule has 3 atom stereocenters. The van der Waals surface area contributed by atoms with Crippen LogP contribution in [0.2, 0.25) is 0 Å². The lowest BCUT2D eigenvalue weighted by Gasteiger charge is -2.51. The second kappa shape index (κ2) is 5.15. The van der Waals surface area contributed by atoms with E-state index in [0.717, 1.165) is 13.0 Å². The molecule has 0 aromatic carbocycles. The molecular weight excluding hydrogens is 204 g/mol. The SMILES string of the molecule is CCOC1CC(NC(=O)[C@@H](N)CC)C1(C)C. The highest BCUT2D eigenvalue weighted by atomic mass is 16.5. The first-order chi connectivity index (χ1) is 7.43. The molecule has 0 bridgehead atoms. The fourth-order valence-electron chi connectivity index (χ4n) is 2.08. The summed E-state index contributed by atoms with van der Waals surface area (Å²) in [5, 5.41) is 3.00. The zero-order valence-electron chi connectivity index (χ0n) is 10.7. The summed E-state index contributed by atoms with van der Waals surface area (Å²) in [6, 6.07) is -0.198. The highest BCUT2D eigenvalue weighted by Crippen LogP contribution is 2.42. The summed E-state index contributed by atoms with van der Waals surface area (Å²) in [6.45, 7) is 8.88. The summed E-state index contributed by atoms with van der Waals surface area (Å²) in [5.74, 6) is -0.0458. The maximum atomic E-state index is 11.7. The van der Waals surface area contributed by atoms with Gasteiger partial charge in [-0.1, -0.05) is 20.8 Å². The molecule has 94 valence electrons. The van der Waals surface area contributed by atoms with E-state index < -0.39 is 0 Å². The van der Waals surface area contributed by atoms with E-state index in [0.29, 0.717) is 6.42 Å². The third kappa shape index (κ3) is 2.55. The van der Waals surface area contributed by atoms with Crippen molar-refractivity contribution in [3.05, 3.63) is 0 Å². The number of ether oxygens (including phenoxy) is 1. The molecule has 1 saturated carbocycles. The smallest absolute Gasteiger partial charge is 0.237 e. The van der Waals surface area contributed by atoms with Crippen molar-refractivity contribution < 1.29 is 9.53 Å². The number of rotatable bonds is 5. The molecule has 1 fully saturated rings. The van der Waals surface area contributed by atoms with Gasteiger partial charge in [0, 0.05) is 18.1 Å². The molecule has 1 amide bonds. The number of carbonyl (C=O) groups excluding carboxylic acids is 1. The molecule has 2 unspecified atom stereocenters. The van der Waals surface area contributed by atoms with Crippen LogP contribution in [0.1, 0.15) is 40.5 Å². The van der Waals surface area contributed by atoms with Gasteiger partial charge in [0.05, 0.1) is 12.1 Å². The Morgan fingerprint density at radius 3 is 2.62 bits per heavy atom. The Kier molecular flexibility index (Phi) is 4.33. The molecule has 4 heteroatoms. The second-order valence-electron chi connectivity index (χ2n) is 5.08. The van der Waals surface area contributed by atoms with Crippen LogP contribution < -0.4 is 11.1 Å². The predicted octanol–water partition coefficient (Wildman–Crippen LogP) is 1.04. The topological polar surface area (TPSA) is 64.3 Å². The average Bonchev–Trinajstić information content (AvgIpc) is 2.26. The van der Waals surface area contributed by atoms with Crippen molar-refractivity contribution in [1.29, 1.82) is 0 Å². The van der Waals surface area contributed by atoms with Gasteiger partial charge in [-0.2, -0.15) is 0 Å². The van der Waals surface area contributed by atoms with Crippen molar-refractivity contribution in [1.82, 2.24) is 5.32 Å². The minimum absolute atomic E-state index is 0.0130. The molecule has 0 aromatic heterocycles. The van der Waals surface area contributed by atoms with Gasteiger partial charge in [-0.3, -0.25) is 4.79 Å². The van der Waals surface area contributed by atoms with Gasteiger partial charge < -0.3 is 15.8 Å². The van der Waals surface area contributed by atoms with E-state index in [9.17, 15) is 4.79 Å². The Bertz CT molecular complexity index is 253. The van der Waals surface area contributed by atoms with Crippen LogP contribution in [0.25, 0.3) is 0 Å². The van der Waals surface area contributed by atoms with Crippen LogP contribution in [0, 0.1) is 5.41 Å². The lowest BCUT2D eigenvalue weighted by Crippen LogP contribution is -2.63. The van der Waals surface area contributed by atoms with Gasteiger partial charge in [-0.05, 0) is 19.8 Å². The Morgan fingerprint density at radius 1 is 1.56 bits per heavy atom. The third-order valence-electron chi connectivity index (χ3n) is 3.64. The summed E-state index contributed by atoms with van der Waals surface area (Å²) in [7, 11) is 0. The first kappa shape index (κ1) is 13.5. The Labute approximate surface area is 97.9 Å². The highest BCUT2D eigenvalue weighted by molar-refractivity contribution is 5.81. The molecule has 0 spiro atoms. The number of carbonyl (C=O) groups is 1. The van der Waals surface area contributed by atoms with E-state index in [1.807, 2.05) is 13.8 Å². The van der Waals surface area contributed by atoms with Crippen molar-refractivity contribution in [2.24, 2.45) is 11.1 Å². The minimum atomic E-state index is -0.387. The number of hydrogen-bond donors (Lipinski definition) is 2. The van der Waals surface area contributed by atoms with Crippen LogP contribution >= 0.6 is 0 Å². The van der Waals surface area contributed by atoms with Gasteiger partial charge in [-0.25, -0.2) is 0 Å². The average molecular weight is 228 g/mol. The molecule has 1 rings (SSSR count). The number of amides is 1. The number of hydrogen-bond acceptors (Lipinski definition) is 3. The van der Waals surface area contributed by atoms with Crippen molar-refractivity contribution in [2.75, 3.05) is 6.61 Å². The van der Waals surface area contributed by atoms with Crippen molar-refractivity contribution in [3.63, 3.8) is 0 Å². The summed E-state index contributed by atoms with van der Waals surface area (Å²) >= 11 is 0. The molecule has 0 aromatic rings. The molecule has 0 heterocycles. The van der Waals surface area contributed by atoms with Crippen molar-refractivity contribution in [3.8, 4) is 0 Å². The highest BCUT2D eigenvalue weighted by Gasteiger charge is 2.49. The van der Waals surface area contributed by atoms with E-state index in [-0.39, 0.29) is 29.5 Å². The number of nitrogens with one attached hydrogen (secondary N) is 1. The summed E-state index contributed by atoms with van der Waals surface area (Å²) in [6.07, 6.45) is 1.82. The van der Waals surface area contributed by atoms with Crippen LogP contribution in [0.15, 0.2) is 0 Å². The summed E-state index contributed by atoms with van der Waals surface area (Å²) in [4.78, 5) is 11.7. The standard InChI is InChI=1S/C12H24N2O2/c1-5-8(13)11(15)14-9-7-10(16-6-2)12(9,3)4/h8-10H,5-7,13H2,1-4H3,(H,14,15)/t8-,9?,10?/m0/s1. The van der Waals surface area contributed by atoms with Gasteiger partial charge >= 0.3 is 0 Å². The zero-order chi connectivity index (χ0) is 12.3. The van der Waals surface area contributed by atoms with Crippen molar-refractivity contribution in [2.45, 2.75) is 58.7 Å². The second-order valence-corrected chi connectivity index (χ2v) is 5.08. The number of nitrogens with two attached hydrogens (primary N) is 1. The molecule has 1 aliphatic carbocycles. The molecule has 4 nitrogen and oxygen atoms in total. The van der Waals surface area contributed by atoms with Crippen LogP contribution in [0.3, 0.4) is 0 Å². The Morgan fingerprint density at radius 2 is 2.19 bits per heavy atom. The maximum absolute atomic E-state index is 11.7. The summed E-state index contributed by atoms with van der Waals surface area (Å²) in [5.41, 5.74) is 5.70. The minimum Gasteiger partial charge on any atom is -0.378 e. The van der Waals surface area contributed by atoms with Crippen LogP contribution in [0.4, 0.5) is 0 Å². The predicted molar refractivity (Wildman–Crippen MR) is 64.0 cm³/mol. The fourth-order valence-corrected chi connectivity index (χ4v) is 2.08. The molecule has 3 N–H and O–H groups in total.